The highest BCUT2D eigenvalue weighted by atomic mass is 19.1. The molecule has 0 aromatic heterocycles. The molecule has 1 atom stereocenters. The SMILES string of the molecule is O=C1C[C@]2(CCN(Cc3ccc(F)cc3)C2)CN1c1cccc(F)c1. The highest BCUT2D eigenvalue weighted by molar-refractivity contribution is 5.96. The maximum atomic E-state index is 13.5. The molecule has 2 aliphatic rings. The number of rotatable bonds is 3. The number of hydrogen-bond acceptors (Lipinski definition) is 2. The topological polar surface area (TPSA) is 23.6 Å². The first-order valence-corrected chi connectivity index (χ1v) is 8.56. The van der Waals surface area contributed by atoms with Crippen LogP contribution in [-0.2, 0) is 11.3 Å². The van der Waals surface area contributed by atoms with Crippen molar-refractivity contribution in [3.8, 4) is 0 Å². The van der Waals surface area contributed by atoms with Crippen molar-refractivity contribution >= 4 is 11.6 Å². The van der Waals surface area contributed by atoms with Crippen molar-refractivity contribution in [3.63, 3.8) is 0 Å². The van der Waals surface area contributed by atoms with E-state index in [0.717, 1.165) is 31.6 Å². The summed E-state index contributed by atoms with van der Waals surface area (Å²) in [6.45, 7) is 3.15. The first-order valence-electron chi connectivity index (χ1n) is 8.56. The van der Waals surface area contributed by atoms with Gasteiger partial charge in [-0.1, -0.05) is 18.2 Å². The summed E-state index contributed by atoms with van der Waals surface area (Å²) in [4.78, 5) is 16.5. The van der Waals surface area contributed by atoms with Crippen molar-refractivity contribution in [2.24, 2.45) is 5.41 Å². The van der Waals surface area contributed by atoms with E-state index in [0.29, 0.717) is 18.7 Å². The first-order chi connectivity index (χ1) is 12.0. The van der Waals surface area contributed by atoms with E-state index in [4.69, 9.17) is 0 Å². The van der Waals surface area contributed by atoms with Crippen molar-refractivity contribution in [1.82, 2.24) is 4.90 Å². The molecular formula is C20H20F2N2O. The molecular weight excluding hydrogens is 322 g/mol. The molecule has 2 aromatic carbocycles. The molecule has 5 heteroatoms. The van der Waals surface area contributed by atoms with Gasteiger partial charge in [0, 0.05) is 37.2 Å². The standard InChI is InChI=1S/C20H20F2N2O/c21-16-6-4-15(5-7-16)12-23-9-8-20(13-23)11-19(25)24(14-20)18-3-1-2-17(22)10-18/h1-7,10H,8-9,11-14H2/t20-/m0/s1. The lowest BCUT2D eigenvalue weighted by molar-refractivity contribution is -0.117. The molecule has 0 aliphatic carbocycles. The number of nitrogens with zero attached hydrogens (tertiary/aromatic N) is 2. The van der Waals surface area contributed by atoms with Gasteiger partial charge in [0.05, 0.1) is 0 Å². The third-order valence-corrected chi connectivity index (χ3v) is 5.28. The number of amides is 1. The second-order valence-electron chi connectivity index (χ2n) is 7.22. The second kappa shape index (κ2) is 6.23. The monoisotopic (exact) mass is 342 g/mol. The molecule has 2 fully saturated rings. The summed E-state index contributed by atoms with van der Waals surface area (Å²) >= 11 is 0. The Kier molecular flexibility index (Phi) is 4.04. The fourth-order valence-corrected chi connectivity index (χ4v) is 4.06. The van der Waals surface area contributed by atoms with Crippen molar-refractivity contribution < 1.29 is 13.6 Å². The van der Waals surface area contributed by atoms with Crippen LogP contribution in [0.3, 0.4) is 0 Å². The smallest absolute Gasteiger partial charge is 0.227 e. The van der Waals surface area contributed by atoms with E-state index in [1.165, 1.54) is 24.3 Å². The minimum atomic E-state index is -0.324. The summed E-state index contributed by atoms with van der Waals surface area (Å²) in [5, 5.41) is 0. The molecule has 2 heterocycles. The number of anilines is 1. The Hall–Kier alpha value is -2.27. The van der Waals surface area contributed by atoms with E-state index in [2.05, 4.69) is 4.90 Å². The van der Waals surface area contributed by atoms with E-state index in [1.807, 2.05) is 0 Å². The van der Waals surface area contributed by atoms with E-state index in [9.17, 15) is 13.6 Å². The molecule has 0 N–H and O–H groups in total. The van der Waals surface area contributed by atoms with Crippen molar-refractivity contribution in [3.05, 3.63) is 65.7 Å². The molecule has 3 nitrogen and oxygen atoms in total. The Morgan fingerprint density at radius 1 is 1.00 bits per heavy atom. The zero-order valence-electron chi connectivity index (χ0n) is 13.9. The summed E-state index contributed by atoms with van der Waals surface area (Å²) in [7, 11) is 0. The summed E-state index contributed by atoms with van der Waals surface area (Å²) in [5.41, 5.74) is 1.65. The maximum Gasteiger partial charge on any atom is 0.227 e. The molecule has 1 spiro atoms. The summed E-state index contributed by atoms with van der Waals surface area (Å²) in [6.07, 6.45) is 1.45. The molecule has 4 rings (SSSR count). The summed E-state index contributed by atoms with van der Waals surface area (Å²) in [6, 6.07) is 12.8. The van der Waals surface area contributed by atoms with Crippen molar-refractivity contribution in [2.75, 3.05) is 24.5 Å². The molecule has 2 saturated heterocycles. The third-order valence-electron chi connectivity index (χ3n) is 5.28. The average molecular weight is 342 g/mol. The van der Waals surface area contributed by atoms with Gasteiger partial charge in [-0.2, -0.15) is 0 Å². The van der Waals surface area contributed by atoms with Crippen LogP contribution in [0.15, 0.2) is 48.5 Å². The van der Waals surface area contributed by atoms with E-state index >= 15 is 0 Å². The third kappa shape index (κ3) is 3.29. The molecule has 0 saturated carbocycles. The number of likely N-dealkylation sites (tertiary alicyclic amines) is 1. The molecule has 1 amide bonds. The van der Waals surface area contributed by atoms with E-state index in [1.54, 1.807) is 29.2 Å². The van der Waals surface area contributed by atoms with Gasteiger partial charge in [-0.15, -0.1) is 0 Å². The molecule has 0 radical (unpaired) electrons. The summed E-state index contributed by atoms with van der Waals surface area (Å²) < 4.78 is 26.5. The van der Waals surface area contributed by atoms with E-state index in [-0.39, 0.29) is 23.0 Å². The molecule has 0 bridgehead atoms. The van der Waals surface area contributed by atoms with Crippen molar-refractivity contribution in [2.45, 2.75) is 19.4 Å². The van der Waals surface area contributed by atoms with E-state index < -0.39 is 0 Å². The minimum absolute atomic E-state index is 0.0641. The number of carbonyl (C=O) groups excluding carboxylic acids is 1. The second-order valence-corrected chi connectivity index (χ2v) is 7.22. The zero-order valence-corrected chi connectivity index (χ0v) is 13.9. The lowest BCUT2D eigenvalue weighted by atomic mass is 9.86. The Labute approximate surface area is 145 Å². The highest BCUT2D eigenvalue weighted by Gasteiger charge is 2.47. The Balaban J connectivity index is 1.45. The van der Waals surface area contributed by atoms with Gasteiger partial charge in [-0.3, -0.25) is 9.69 Å². The van der Waals surface area contributed by atoms with Gasteiger partial charge in [-0.25, -0.2) is 8.78 Å². The van der Waals surface area contributed by atoms with Crippen LogP contribution in [0.1, 0.15) is 18.4 Å². The lowest BCUT2D eigenvalue weighted by Gasteiger charge is -2.24. The lowest BCUT2D eigenvalue weighted by Crippen LogP contribution is -2.31. The predicted octanol–water partition coefficient (Wildman–Crippen LogP) is 3.59. The predicted molar refractivity (Wildman–Crippen MR) is 92.1 cm³/mol. The van der Waals surface area contributed by atoms with Crippen LogP contribution in [-0.4, -0.2) is 30.4 Å². The quantitative estimate of drug-likeness (QED) is 0.851. The van der Waals surface area contributed by atoms with Crippen LogP contribution >= 0.6 is 0 Å². The van der Waals surface area contributed by atoms with Gasteiger partial charge in [0.2, 0.25) is 5.91 Å². The van der Waals surface area contributed by atoms with Gasteiger partial charge in [0.15, 0.2) is 0 Å². The normalized spacial score (nSPS) is 23.8. The zero-order chi connectivity index (χ0) is 17.4. The average Bonchev–Trinajstić information content (AvgIpc) is 3.12. The fraction of sp³-hybridized carbons (Fsp3) is 0.350. The van der Waals surface area contributed by atoms with Gasteiger partial charge >= 0.3 is 0 Å². The largest absolute Gasteiger partial charge is 0.312 e. The molecule has 130 valence electrons. The number of carbonyl (C=O) groups is 1. The Morgan fingerprint density at radius 2 is 1.80 bits per heavy atom. The number of benzene rings is 2. The minimum Gasteiger partial charge on any atom is -0.312 e. The maximum absolute atomic E-state index is 13.5. The number of hydrogen-bond donors (Lipinski definition) is 0. The molecule has 25 heavy (non-hydrogen) atoms. The molecule has 0 unspecified atom stereocenters. The fourth-order valence-electron chi connectivity index (χ4n) is 4.06. The van der Waals surface area contributed by atoms with Crippen LogP contribution in [0.2, 0.25) is 0 Å². The highest BCUT2D eigenvalue weighted by Crippen LogP contribution is 2.42. The summed E-state index contributed by atoms with van der Waals surface area (Å²) in [5.74, 6) is -0.487. The van der Waals surface area contributed by atoms with Gasteiger partial charge < -0.3 is 4.90 Å². The van der Waals surface area contributed by atoms with Gasteiger partial charge in [0.1, 0.15) is 11.6 Å². The molecule has 2 aliphatic heterocycles. The Morgan fingerprint density at radius 3 is 2.56 bits per heavy atom. The first kappa shape index (κ1) is 16.2. The Bertz CT molecular complexity index is 793. The molecule has 2 aromatic rings. The van der Waals surface area contributed by atoms with Gasteiger partial charge in [0.25, 0.3) is 0 Å². The van der Waals surface area contributed by atoms with Crippen LogP contribution in [0, 0.1) is 17.0 Å². The number of halogens is 2. The van der Waals surface area contributed by atoms with Crippen LogP contribution < -0.4 is 4.90 Å². The van der Waals surface area contributed by atoms with Crippen LogP contribution in [0.25, 0.3) is 0 Å². The van der Waals surface area contributed by atoms with Crippen LogP contribution in [0.5, 0.6) is 0 Å². The van der Waals surface area contributed by atoms with Crippen LogP contribution in [0.4, 0.5) is 14.5 Å². The van der Waals surface area contributed by atoms with Gasteiger partial charge in [-0.05, 0) is 48.9 Å². The van der Waals surface area contributed by atoms with Crippen molar-refractivity contribution in [1.29, 1.82) is 0 Å².